The Kier molecular flexibility index (Phi) is 4.73. The molecule has 0 aliphatic carbocycles. The fourth-order valence-electron chi connectivity index (χ4n) is 2.20. The van der Waals surface area contributed by atoms with Crippen LogP contribution in [0.3, 0.4) is 0 Å². The Hall–Kier alpha value is -1.75. The molecule has 1 atom stereocenters. The number of ether oxygens (including phenoxy) is 2. The van der Waals surface area contributed by atoms with E-state index in [0.29, 0.717) is 25.5 Å². The molecular weight excluding hydrogens is 268 g/mol. The molecule has 0 fully saturated rings. The van der Waals surface area contributed by atoms with Crippen molar-refractivity contribution in [1.29, 1.82) is 0 Å². The lowest BCUT2D eigenvalue weighted by molar-refractivity contribution is -0.125. The maximum absolute atomic E-state index is 12.4. The third-order valence-electron chi connectivity index (χ3n) is 3.72. The second-order valence-electron chi connectivity index (χ2n) is 6.01. The smallest absolute Gasteiger partial charge is 0.230 e. The Morgan fingerprint density at radius 3 is 2.67 bits per heavy atom. The van der Waals surface area contributed by atoms with E-state index in [1.165, 1.54) is 0 Å². The molecule has 1 aliphatic heterocycles. The fourth-order valence-corrected chi connectivity index (χ4v) is 2.20. The SMILES string of the molecule is CC(N)CCNC(=O)C(C)(C)c1ccc2c(c1)OCCO2. The van der Waals surface area contributed by atoms with E-state index in [-0.39, 0.29) is 11.9 Å². The van der Waals surface area contributed by atoms with Gasteiger partial charge in [-0.3, -0.25) is 4.79 Å². The number of fused-ring (bicyclic) bond motifs is 1. The molecule has 2 rings (SSSR count). The Balaban J connectivity index is 2.09. The molecule has 3 N–H and O–H groups in total. The van der Waals surface area contributed by atoms with E-state index in [0.717, 1.165) is 17.7 Å². The van der Waals surface area contributed by atoms with Crippen LogP contribution < -0.4 is 20.5 Å². The van der Waals surface area contributed by atoms with Crippen LogP contribution >= 0.6 is 0 Å². The molecule has 1 amide bonds. The lowest BCUT2D eigenvalue weighted by Crippen LogP contribution is -2.41. The lowest BCUT2D eigenvalue weighted by atomic mass is 9.83. The van der Waals surface area contributed by atoms with Crippen molar-refractivity contribution in [2.75, 3.05) is 19.8 Å². The average molecular weight is 292 g/mol. The van der Waals surface area contributed by atoms with Gasteiger partial charge in [0.15, 0.2) is 11.5 Å². The minimum absolute atomic E-state index is 0.0140. The molecule has 0 radical (unpaired) electrons. The highest BCUT2D eigenvalue weighted by Gasteiger charge is 2.30. The number of amides is 1. The summed E-state index contributed by atoms with van der Waals surface area (Å²) in [5.74, 6) is 1.42. The van der Waals surface area contributed by atoms with Crippen molar-refractivity contribution in [3.8, 4) is 11.5 Å². The Morgan fingerprint density at radius 2 is 2.00 bits per heavy atom. The summed E-state index contributed by atoms with van der Waals surface area (Å²) >= 11 is 0. The normalized spacial score (nSPS) is 15.4. The number of rotatable bonds is 5. The van der Waals surface area contributed by atoms with Crippen molar-refractivity contribution in [2.24, 2.45) is 5.73 Å². The molecule has 1 aromatic rings. The maximum Gasteiger partial charge on any atom is 0.230 e. The van der Waals surface area contributed by atoms with Crippen molar-refractivity contribution in [3.63, 3.8) is 0 Å². The summed E-state index contributed by atoms with van der Waals surface area (Å²) in [6.45, 7) is 7.42. The van der Waals surface area contributed by atoms with Gasteiger partial charge in [-0.15, -0.1) is 0 Å². The zero-order valence-electron chi connectivity index (χ0n) is 12.9. The predicted octanol–water partition coefficient (Wildman–Crippen LogP) is 1.59. The number of carbonyl (C=O) groups excluding carboxylic acids is 1. The van der Waals surface area contributed by atoms with Crippen molar-refractivity contribution < 1.29 is 14.3 Å². The molecule has 0 saturated carbocycles. The van der Waals surface area contributed by atoms with E-state index in [9.17, 15) is 4.79 Å². The predicted molar refractivity (Wildman–Crippen MR) is 81.7 cm³/mol. The van der Waals surface area contributed by atoms with E-state index in [4.69, 9.17) is 15.2 Å². The number of hydrogen-bond acceptors (Lipinski definition) is 4. The van der Waals surface area contributed by atoms with Gasteiger partial charge in [0.2, 0.25) is 5.91 Å². The standard InChI is InChI=1S/C16H24N2O3/c1-11(17)6-7-18-15(19)16(2,3)12-4-5-13-14(10-12)21-9-8-20-13/h4-5,10-11H,6-9,17H2,1-3H3,(H,18,19). The second-order valence-corrected chi connectivity index (χ2v) is 6.01. The van der Waals surface area contributed by atoms with E-state index in [1.54, 1.807) is 0 Å². The molecule has 116 valence electrons. The molecule has 0 aromatic heterocycles. The summed E-state index contributed by atoms with van der Waals surface area (Å²) in [5.41, 5.74) is 5.97. The highest BCUT2D eigenvalue weighted by molar-refractivity contribution is 5.87. The van der Waals surface area contributed by atoms with Crippen LogP contribution in [0.5, 0.6) is 11.5 Å². The van der Waals surface area contributed by atoms with Crippen molar-refractivity contribution in [2.45, 2.75) is 38.6 Å². The molecule has 21 heavy (non-hydrogen) atoms. The van der Waals surface area contributed by atoms with Gasteiger partial charge >= 0.3 is 0 Å². The van der Waals surface area contributed by atoms with Gasteiger partial charge in [-0.2, -0.15) is 0 Å². The second kappa shape index (κ2) is 6.35. The van der Waals surface area contributed by atoms with E-state index < -0.39 is 5.41 Å². The minimum atomic E-state index is -0.631. The molecule has 5 heteroatoms. The van der Waals surface area contributed by atoms with Crippen LogP contribution in [0.2, 0.25) is 0 Å². The molecular formula is C16H24N2O3. The quantitative estimate of drug-likeness (QED) is 0.864. The summed E-state index contributed by atoms with van der Waals surface area (Å²) < 4.78 is 11.1. The van der Waals surface area contributed by atoms with Crippen LogP contribution in [0.15, 0.2) is 18.2 Å². The molecule has 1 unspecified atom stereocenters. The first-order valence-corrected chi connectivity index (χ1v) is 7.35. The van der Waals surface area contributed by atoms with E-state index in [1.807, 2.05) is 39.0 Å². The third-order valence-corrected chi connectivity index (χ3v) is 3.72. The van der Waals surface area contributed by atoms with Gasteiger partial charge in [0, 0.05) is 12.6 Å². The van der Waals surface area contributed by atoms with Crippen molar-refractivity contribution >= 4 is 5.91 Å². The van der Waals surface area contributed by atoms with Crippen LogP contribution in [0.25, 0.3) is 0 Å². The first kappa shape index (κ1) is 15.6. The molecule has 1 aromatic carbocycles. The third kappa shape index (κ3) is 3.67. The first-order chi connectivity index (χ1) is 9.91. The van der Waals surface area contributed by atoms with Gasteiger partial charge in [-0.1, -0.05) is 6.07 Å². The topological polar surface area (TPSA) is 73.6 Å². The van der Waals surface area contributed by atoms with Crippen LogP contribution in [0.4, 0.5) is 0 Å². The maximum atomic E-state index is 12.4. The summed E-state index contributed by atoms with van der Waals surface area (Å²) in [7, 11) is 0. The zero-order chi connectivity index (χ0) is 15.5. The van der Waals surface area contributed by atoms with E-state index in [2.05, 4.69) is 5.32 Å². The van der Waals surface area contributed by atoms with Crippen LogP contribution in [-0.4, -0.2) is 31.7 Å². The number of nitrogens with two attached hydrogens (primary N) is 1. The summed E-state index contributed by atoms with van der Waals surface area (Å²) in [4.78, 5) is 12.4. The molecule has 0 saturated heterocycles. The van der Waals surface area contributed by atoms with Crippen molar-refractivity contribution in [3.05, 3.63) is 23.8 Å². The lowest BCUT2D eigenvalue weighted by Gasteiger charge is -2.26. The number of nitrogens with one attached hydrogen (secondary N) is 1. The molecule has 0 bridgehead atoms. The average Bonchev–Trinajstić information content (AvgIpc) is 2.46. The van der Waals surface area contributed by atoms with Gasteiger partial charge in [0.1, 0.15) is 13.2 Å². The van der Waals surface area contributed by atoms with E-state index >= 15 is 0 Å². The largest absolute Gasteiger partial charge is 0.486 e. The summed E-state index contributed by atoms with van der Waals surface area (Å²) in [6, 6.07) is 5.75. The first-order valence-electron chi connectivity index (χ1n) is 7.35. The number of benzene rings is 1. The molecule has 1 heterocycles. The fraction of sp³-hybridized carbons (Fsp3) is 0.562. The Morgan fingerprint density at radius 1 is 1.33 bits per heavy atom. The highest BCUT2D eigenvalue weighted by Crippen LogP contribution is 2.35. The summed E-state index contributed by atoms with van der Waals surface area (Å²) in [5, 5.41) is 2.94. The molecule has 5 nitrogen and oxygen atoms in total. The minimum Gasteiger partial charge on any atom is -0.486 e. The van der Waals surface area contributed by atoms with Gasteiger partial charge < -0.3 is 20.5 Å². The highest BCUT2D eigenvalue weighted by atomic mass is 16.6. The van der Waals surface area contributed by atoms with Crippen LogP contribution in [0.1, 0.15) is 32.8 Å². The van der Waals surface area contributed by atoms with Crippen LogP contribution in [0, 0.1) is 0 Å². The van der Waals surface area contributed by atoms with Gasteiger partial charge in [-0.25, -0.2) is 0 Å². The van der Waals surface area contributed by atoms with Crippen LogP contribution in [-0.2, 0) is 10.2 Å². The van der Waals surface area contributed by atoms with Gasteiger partial charge in [0.25, 0.3) is 0 Å². The monoisotopic (exact) mass is 292 g/mol. The Bertz CT molecular complexity index is 512. The van der Waals surface area contributed by atoms with Crippen molar-refractivity contribution in [1.82, 2.24) is 5.32 Å². The number of hydrogen-bond donors (Lipinski definition) is 2. The molecule has 1 aliphatic rings. The van der Waals surface area contributed by atoms with Gasteiger partial charge in [0.05, 0.1) is 5.41 Å². The number of carbonyl (C=O) groups is 1. The molecule has 0 spiro atoms. The summed E-state index contributed by atoms with van der Waals surface area (Å²) in [6.07, 6.45) is 0.767. The van der Waals surface area contributed by atoms with Gasteiger partial charge in [-0.05, 0) is 44.9 Å². The Labute approximate surface area is 125 Å². The zero-order valence-corrected chi connectivity index (χ0v) is 12.9.